The standard InChI is InChI=1S/C24H32N6O3/c1-18-4-5-19(22(15-18)29-14-13-27-7-2-3-20(27)17-29)16-26-9-11-28(12-10-26)24(33)30-8-6-21(25-30)23(31)32/h4-6,8,15,20H,2-3,7,9-14,16-17H2,1H3,(H,31,32)/t20-/m0/s1. The largest absolute Gasteiger partial charge is 0.476 e. The zero-order valence-electron chi connectivity index (χ0n) is 19.2. The van der Waals surface area contributed by atoms with E-state index in [9.17, 15) is 9.59 Å². The summed E-state index contributed by atoms with van der Waals surface area (Å²) in [6.45, 7) is 10.4. The molecular weight excluding hydrogens is 420 g/mol. The van der Waals surface area contributed by atoms with Crippen molar-refractivity contribution < 1.29 is 14.7 Å². The first kappa shape index (κ1) is 21.9. The third kappa shape index (κ3) is 4.60. The lowest BCUT2D eigenvalue weighted by Crippen LogP contribution is -2.51. The monoisotopic (exact) mass is 452 g/mol. The van der Waals surface area contributed by atoms with Crippen LogP contribution < -0.4 is 4.90 Å². The molecule has 0 bridgehead atoms. The van der Waals surface area contributed by atoms with Crippen molar-refractivity contribution in [1.29, 1.82) is 0 Å². The molecule has 3 saturated heterocycles. The maximum Gasteiger partial charge on any atom is 0.356 e. The number of rotatable bonds is 4. The summed E-state index contributed by atoms with van der Waals surface area (Å²) in [5, 5.41) is 12.9. The van der Waals surface area contributed by atoms with Gasteiger partial charge in [0.05, 0.1) is 0 Å². The van der Waals surface area contributed by atoms with Gasteiger partial charge in [-0.3, -0.25) is 9.80 Å². The first-order valence-electron chi connectivity index (χ1n) is 11.9. The predicted octanol–water partition coefficient (Wildman–Crippen LogP) is 1.96. The van der Waals surface area contributed by atoms with Crippen LogP contribution in [-0.2, 0) is 6.54 Å². The molecule has 0 unspecified atom stereocenters. The number of hydrogen-bond acceptors (Lipinski definition) is 6. The van der Waals surface area contributed by atoms with E-state index in [2.05, 4.69) is 44.9 Å². The zero-order chi connectivity index (χ0) is 22.9. The van der Waals surface area contributed by atoms with E-state index in [4.69, 9.17) is 5.11 Å². The normalized spacial score (nSPS) is 21.9. The molecule has 0 aliphatic carbocycles. The third-order valence-electron chi connectivity index (χ3n) is 7.21. The molecule has 0 spiro atoms. The highest BCUT2D eigenvalue weighted by molar-refractivity contribution is 5.86. The van der Waals surface area contributed by atoms with Gasteiger partial charge in [0.2, 0.25) is 0 Å². The van der Waals surface area contributed by atoms with Crippen LogP contribution in [-0.4, -0.2) is 100.0 Å². The molecule has 0 radical (unpaired) electrons. The van der Waals surface area contributed by atoms with Gasteiger partial charge in [-0.25, -0.2) is 9.59 Å². The molecule has 3 aliphatic rings. The molecule has 1 atom stereocenters. The Morgan fingerprint density at radius 2 is 1.88 bits per heavy atom. The average Bonchev–Trinajstić information content (AvgIpc) is 3.50. The second kappa shape index (κ2) is 9.15. The Hall–Kier alpha value is -2.91. The van der Waals surface area contributed by atoms with Gasteiger partial charge in [0.25, 0.3) is 0 Å². The minimum Gasteiger partial charge on any atom is -0.476 e. The van der Waals surface area contributed by atoms with Crippen LogP contribution in [0.1, 0.15) is 34.5 Å². The molecule has 2 aromatic rings. The van der Waals surface area contributed by atoms with E-state index < -0.39 is 5.97 Å². The van der Waals surface area contributed by atoms with Crippen molar-refractivity contribution in [1.82, 2.24) is 24.5 Å². The number of benzene rings is 1. The van der Waals surface area contributed by atoms with E-state index >= 15 is 0 Å². The summed E-state index contributed by atoms with van der Waals surface area (Å²) in [5.74, 6) is -1.13. The van der Waals surface area contributed by atoms with Gasteiger partial charge in [-0.15, -0.1) is 0 Å². The first-order valence-corrected chi connectivity index (χ1v) is 11.9. The number of carbonyl (C=O) groups excluding carboxylic acids is 1. The van der Waals surface area contributed by atoms with Crippen LogP contribution in [0.3, 0.4) is 0 Å². The summed E-state index contributed by atoms with van der Waals surface area (Å²) in [5.41, 5.74) is 3.88. The number of hydrogen-bond donors (Lipinski definition) is 1. The van der Waals surface area contributed by atoms with Crippen molar-refractivity contribution in [2.75, 3.05) is 57.3 Å². The molecule has 176 valence electrons. The SMILES string of the molecule is Cc1ccc(CN2CCN(C(=O)n3ccc(C(=O)O)n3)CC2)c(N2CCN3CCC[C@H]3C2)c1. The van der Waals surface area contributed by atoms with E-state index in [1.54, 1.807) is 4.90 Å². The fraction of sp³-hybridized carbons (Fsp3) is 0.542. The number of carboxylic acids is 1. The summed E-state index contributed by atoms with van der Waals surface area (Å²) in [6, 6.07) is 8.55. The van der Waals surface area contributed by atoms with Crippen LogP contribution in [0.5, 0.6) is 0 Å². The van der Waals surface area contributed by atoms with Crippen molar-refractivity contribution in [2.24, 2.45) is 0 Å². The fourth-order valence-electron chi connectivity index (χ4n) is 5.34. The lowest BCUT2D eigenvalue weighted by Gasteiger charge is -2.40. The minimum absolute atomic E-state index is 0.118. The van der Waals surface area contributed by atoms with Crippen LogP contribution in [0.25, 0.3) is 0 Å². The third-order valence-corrected chi connectivity index (χ3v) is 7.21. The maximum atomic E-state index is 12.7. The van der Waals surface area contributed by atoms with Gasteiger partial charge in [-0.2, -0.15) is 9.78 Å². The highest BCUT2D eigenvalue weighted by atomic mass is 16.4. The molecule has 1 aromatic carbocycles. The highest BCUT2D eigenvalue weighted by Gasteiger charge is 2.31. The molecule has 9 heteroatoms. The van der Waals surface area contributed by atoms with E-state index in [1.807, 2.05) is 0 Å². The Labute approximate surface area is 194 Å². The molecule has 5 rings (SSSR count). The Kier molecular flexibility index (Phi) is 6.07. The number of aryl methyl sites for hydroxylation is 1. The number of anilines is 1. The van der Waals surface area contributed by atoms with Gasteiger partial charge in [-0.1, -0.05) is 12.1 Å². The summed E-state index contributed by atoms with van der Waals surface area (Å²) in [4.78, 5) is 33.1. The van der Waals surface area contributed by atoms with Gasteiger partial charge >= 0.3 is 12.0 Å². The summed E-state index contributed by atoms with van der Waals surface area (Å²) in [6.07, 6.45) is 4.04. The van der Waals surface area contributed by atoms with Gasteiger partial charge in [0.15, 0.2) is 5.69 Å². The molecule has 3 aliphatic heterocycles. The Morgan fingerprint density at radius 3 is 2.64 bits per heavy atom. The lowest BCUT2D eigenvalue weighted by molar-refractivity contribution is 0.0689. The average molecular weight is 453 g/mol. The minimum atomic E-state index is -1.13. The summed E-state index contributed by atoms with van der Waals surface area (Å²) in [7, 11) is 0. The quantitative estimate of drug-likeness (QED) is 0.759. The van der Waals surface area contributed by atoms with Crippen molar-refractivity contribution in [3.63, 3.8) is 0 Å². The number of aromatic carboxylic acids is 1. The van der Waals surface area contributed by atoms with Gasteiger partial charge in [0.1, 0.15) is 0 Å². The van der Waals surface area contributed by atoms with Gasteiger partial charge in [-0.05, 0) is 49.6 Å². The number of fused-ring (bicyclic) bond motifs is 1. The van der Waals surface area contributed by atoms with E-state index in [-0.39, 0.29) is 11.7 Å². The Balaban J connectivity index is 1.22. The topological polar surface area (TPSA) is 85.1 Å². The lowest BCUT2D eigenvalue weighted by atomic mass is 10.0. The first-order chi connectivity index (χ1) is 16.0. The molecule has 1 amide bonds. The molecule has 1 aromatic heterocycles. The molecule has 0 saturated carbocycles. The maximum absolute atomic E-state index is 12.7. The van der Waals surface area contributed by atoms with Gasteiger partial charge in [0, 0.05) is 70.3 Å². The number of piperazine rings is 2. The zero-order valence-corrected chi connectivity index (χ0v) is 19.2. The van der Waals surface area contributed by atoms with E-state index in [0.29, 0.717) is 19.1 Å². The number of carboxylic acid groups (broad SMARTS) is 1. The van der Waals surface area contributed by atoms with Crippen molar-refractivity contribution in [2.45, 2.75) is 32.4 Å². The second-order valence-corrected chi connectivity index (χ2v) is 9.41. The van der Waals surface area contributed by atoms with Crippen molar-refractivity contribution in [3.8, 4) is 0 Å². The van der Waals surface area contributed by atoms with Crippen LogP contribution in [0.4, 0.5) is 10.5 Å². The summed E-state index contributed by atoms with van der Waals surface area (Å²) < 4.78 is 1.12. The molecule has 4 heterocycles. The Morgan fingerprint density at radius 1 is 1.06 bits per heavy atom. The van der Waals surface area contributed by atoms with E-state index in [1.165, 1.54) is 48.5 Å². The molecule has 3 fully saturated rings. The summed E-state index contributed by atoms with van der Waals surface area (Å²) >= 11 is 0. The van der Waals surface area contributed by atoms with Crippen LogP contribution in [0.2, 0.25) is 0 Å². The van der Waals surface area contributed by atoms with Crippen LogP contribution in [0, 0.1) is 6.92 Å². The molecule has 33 heavy (non-hydrogen) atoms. The predicted molar refractivity (Wildman–Crippen MR) is 125 cm³/mol. The van der Waals surface area contributed by atoms with Crippen LogP contribution >= 0.6 is 0 Å². The number of carbonyl (C=O) groups is 2. The second-order valence-electron chi connectivity index (χ2n) is 9.41. The van der Waals surface area contributed by atoms with Crippen LogP contribution in [0.15, 0.2) is 30.5 Å². The number of amides is 1. The van der Waals surface area contributed by atoms with Crippen molar-refractivity contribution in [3.05, 3.63) is 47.3 Å². The van der Waals surface area contributed by atoms with E-state index in [0.717, 1.165) is 44.0 Å². The molecular formula is C24H32N6O3. The van der Waals surface area contributed by atoms with Crippen molar-refractivity contribution >= 4 is 17.7 Å². The molecule has 1 N–H and O–H groups in total. The highest BCUT2D eigenvalue weighted by Crippen LogP contribution is 2.29. The Bertz CT molecular complexity index is 1030. The number of aromatic nitrogens is 2. The number of nitrogens with zero attached hydrogens (tertiary/aromatic N) is 6. The fourth-order valence-corrected chi connectivity index (χ4v) is 5.34. The van der Waals surface area contributed by atoms with Gasteiger partial charge < -0.3 is 14.9 Å². The smallest absolute Gasteiger partial charge is 0.356 e. The molecule has 9 nitrogen and oxygen atoms in total.